The van der Waals surface area contributed by atoms with Crippen molar-refractivity contribution in [1.82, 2.24) is 4.90 Å². The topological polar surface area (TPSA) is 40.5 Å². The van der Waals surface area contributed by atoms with Gasteiger partial charge in [0.15, 0.2) is 0 Å². The van der Waals surface area contributed by atoms with Crippen molar-refractivity contribution in [2.75, 3.05) is 26.3 Å². The third-order valence-corrected chi connectivity index (χ3v) is 7.81. The molecule has 226 valence electrons. The highest BCUT2D eigenvalue weighted by Crippen LogP contribution is 2.48. The highest BCUT2D eigenvalue weighted by molar-refractivity contribution is 6.01. The quantitative estimate of drug-likeness (QED) is 0.275. The number of alkyl halides is 7. The summed E-state index contributed by atoms with van der Waals surface area (Å²) in [5.74, 6) is -1.16. The normalized spacial score (nSPS) is 16.0. The van der Waals surface area contributed by atoms with Crippen LogP contribution in [0.15, 0.2) is 66.2 Å². The molecule has 1 aliphatic carbocycles. The van der Waals surface area contributed by atoms with Gasteiger partial charge in [-0.15, -0.1) is 0 Å². The van der Waals surface area contributed by atoms with E-state index in [0.717, 1.165) is 23.3 Å². The number of benzene rings is 3. The molecule has 0 amide bonds. The van der Waals surface area contributed by atoms with Crippen molar-refractivity contribution in [3.05, 3.63) is 111 Å². The van der Waals surface area contributed by atoms with Crippen molar-refractivity contribution < 1.29 is 40.6 Å². The Balaban J connectivity index is 1.67. The fourth-order valence-electron chi connectivity index (χ4n) is 5.91. The molecule has 1 aliphatic heterocycles. The number of halogens is 7. The van der Waals surface area contributed by atoms with Gasteiger partial charge >= 0.3 is 18.3 Å². The zero-order valence-corrected chi connectivity index (χ0v) is 23.0. The number of aryl methyl sites for hydroxylation is 1. The first kappa shape index (κ1) is 30.5. The summed E-state index contributed by atoms with van der Waals surface area (Å²) in [5.41, 5.74) is 0.0255. The molecule has 1 fully saturated rings. The van der Waals surface area contributed by atoms with Gasteiger partial charge < -0.3 is 5.11 Å². The first-order chi connectivity index (χ1) is 20.4. The molecule has 0 spiro atoms. The molecule has 0 atom stereocenters. The molecule has 3 aromatic carbocycles. The Morgan fingerprint density at radius 2 is 1.60 bits per heavy atom. The van der Waals surface area contributed by atoms with Crippen LogP contribution < -0.4 is 0 Å². The summed E-state index contributed by atoms with van der Waals surface area (Å²) in [4.78, 5) is 13.8. The van der Waals surface area contributed by atoms with Crippen LogP contribution in [0.5, 0.6) is 0 Å². The number of nitrogens with zero attached hydrogens (tertiary/aromatic N) is 1. The van der Waals surface area contributed by atoms with E-state index in [-0.39, 0.29) is 24.2 Å². The number of allylic oxidation sites excluding steroid dienone is 1. The second kappa shape index (κ2) is 12.0. The van der Waals surface area contributed by atoms with Gasteiger partial charge in [-0.1, -0.05) is 48.5 Å². The molecule has 5 rings (SSSR count). The van der Waals surface area contributed by atoms with E-state index in [9.17, 15) is 40.6 Å². The first-order valence-corrected chi connectivity index (χ1v) is 13.8. The summed E-state index contributed by atoms with van der Waals surface area (Å²) in [6.07, 6.45) is -7.34. The molecule has 2 aliphatic rings. The number of hydrogen-bond acceptors (Lipinski definition) is 2. The molecule has 0 bridgehead atoms. The van der Waals surface area contributed by atoms with Crippen LogP contribution in [0.1, 0.15) is 68.6 Å². The molecule has 0 unspecified atom stereocenters. The number of hydrogen-bond donors (Lipinski definition) is 1. The highest BCUT2D eigenvalue weighted by atomic mass is 19.4. The van der Waals surface area contributed by atoms with Gasteiger partial charge in [-0.3, -0.25) is 9.29 Å². The summed E-state index contributed by atoms with van der Waals surface area (Å²) in [7, 11) is 0. The minimum Gasteiger partial charge on any atom is -0.478 e. The van der Waals surface area contributed by atoms with Crippen molar-refractivity contribution in [2.24, 2.45) is 0 Å². The van der Waals surface area contributed by atoms with Crippen LogP contribution in [0, 0.1) is 0 Å². The summed E-state index contributed by atoms with van der Waals surface area (Å²) < 4.78 is 97.1. The predicted molar refractivity (Wildman–Crippen MR) is 150 cm³/mol. The van der Waals surface area contributed by atoms with Crippen LogP contribution >= 0.6 is 0 Å². The lowest BCUT2D eigenvalue weighted by atomic mass is 9.84. The minimum atomic E-state index is -5.28. The van der Waals surface area contributed by atoms with Crippen molar-refractivity contribution in [3.8, 4) is 0 Å². The second-order valence-electron chi connectivity index (χ2n) is 10.8. The maximum Gasteiger partial charge on any atom is 0.417 e. The number of likely N-dealkylation sites (tertiary alicyclic amines) is 1. The molecule has 0 saturated carbocycles. The van der Waals surface area contributed by atoms with Gasteiger partial charge in [0.2, 0.25) is 0 Å². The van der Waals surface area contributed by atoms with E-state index in [2.05, 4.69) is 4.90 Å². The van der Waals surface area contributed by atoms with Crippen LogP contribution in [-0.4, -0.2) is 42.3 Å². The summed E-state index contributed by atoms with van der Waals surface area (Å²) in [5, 5.41) is 9.52. The third-order valence-electron chi connectivity index (χ3n) is 7.81. The first-order valence-electron chi connectivity index (χ1n) is 13.8. The smallest absolute Gasteiger partial charge is 0.417 e. The zero-order chi connectivity index (χ0) is 30.9. The molecule has 0 aromatic heterocycles. The van der Waals surface area contributed by atoms with Crippen molar-refractivity contribution in [2.45, 2.75) is 38.0 Å². The summed E-state index contributed by atoms with van der Waals surface area (Å²) in [6, 6.07) is 13.9. The largest absolute Gasteiger partial charge is 0.478 e. The molecule has 1 heterocycles. The third kappa shape index (κ3) is 6.54. The molecular formula is C33H28F7NO2. The molecular weight excluding hydrogens is 575 g/mol. The Morgan fingerprint density at radius 3 is 2.23 bits per heavy atom. The van der Waals surface area contributed by atoms with Gasteiger partial charge in [0, 0.05) is 19.6 Å². The van der Waals surface area contributed by atoms with E-state index < -0.39 is 35.0 Å². The molecule has 1 N–H and O–H groups in total. The maximum atomic E-state index is 14.4. The van der Waals surface area contributed by atoms with Crippen LogP contribution in [0.25, 0.3) is 17.2 Å². The van der Waals surface area contributed by atoms with Crippen LogP contribution in [0.4, 0.5) is 30.7 Å². The Bertz CT molecular complexity index is 1580. The lowest BCUT2D eigenvalue weighted by Crippen LogP contribution is -2.40. The van der Waals surface area contributed by atoms with Crippen LogP contribution in [-0.2, 0) is 18.8 Å². The summed E-state index contributed by atoms with van der Waals surface area (Å²) >= 11 is 0. The Hall–Kier alpha value is -3.92. The van der Waals surface area contributed by atoms with Gasteiger partial charge in [0.05, 0.1) is 23.4 Å². The molecule has 43 heavy (non-hydrogen) atoms. The van der Waals surface area contributed by atoms with E-state index >= 15 is 0 Å². The van der Waals surface area contributed by atoms with Gasteiger partial charge in [0.1, 0.15) is 0 Å². The van der Waals surface area contributed by atoms with Crippen molar-refractivity contribution in [3.63, 3.8) is 0 Å². The monoisotopic (exact) mass is 603 g/mol. The number of aromatic carboxylic acids is 1. The van der Waals surface area contributed by atoms with Gasteiger partial charge in [-0.2, -0.15) is 26.3 Å². The minimum absolute atomic E-state index is 0.0135. The predicted octanol–water partition coefficient (Wildman–Crippen LogP) is 8.78. The highest BCUT2D eigenvalue weighted by Gasteiger charge is 2.45. The molecule has 1 saturated heterocycles. The summed E-state index contributed by atoms with van der Waals surface area (Å²) in [6.45, 7) is 1.72. The van der Waals surface area contributed by atoms with E-state index in [4.69, 9.17) is 0 Å². The van der Waals surface area contributed by atoms with Crippen LogP contribution in [0.2, 0.25) is 0 Å². The van der Waals surface area contributed by atoms with Crippen LogP contribution in [0.3, 0.4) is 0 Å². The fourth-order valence-corrected chi connectivity index (χ4v) is 5.91. The standard InChI is InChI=1S/C33H28F7NO2/c34-14-3-15-41-18-21(19-41)16-20-8-10-22(11-9-20)29-25-13-12-24(31(42)43)17-23(25)4-1-5-26(29)27-6-2-7-28(32(35,36)37)30(27)33(38,39)40/h2,6-13,16-17H,1,3-5,14-15,18-19H2,(H,42,43). The van der Waals surface area contributed by atoms with Crippen molar-refractivity contribution in [1.29, 1.82) is 0 Å². The van der Waals surface area contributed by atoms with E-state index in [1.807, 2.05) is 6.08 Å². The number of fused-ring (bicyclic) bond motifs is 1. The number of carboxylic acid groups (broad SMARTS) is 1. The lowest BCUT2D eigenvalue weighted by molar-refractivity contribution is -0.162. The average Bonchev–Trinajstić information content (AvgIpc) is 3.12. The molecule has 3 aromatic rings. The van der Waals surface area contributed by atoms with Gasteiger partial charge in [-0.25, -0.2) is 4.79 Å². The zero-order valence-electron chi connectivity index (χ0n) is 23.0. The van der Waals surface area contributed by atoms with E-state index in [1.54, 1.807) is 24.3 Å². The van der Waals surface area contributed by atoms with E-state index in [0.29, 0.717) is 67.2 Å². The Labute approximate surface area is 244 Å². The maximum absolute atomic E-state index is 14.4. The fraction of sp³-hybridized carbons (Fsp3) is 0.303. The Kier molecular flexibility index (Phi) is 8.51. The SMILES string of the molecule is O=C(O)c1ccc2c(c1)CCCC(c1cccc(C(F)(F)F)c1C(F)(F)F)=C2c1ccc(C=C2CN(CCCF)C2)cc1. The molecule has 10 heteroatoms. The number of carboxylic acids is 1. The van der Waals surface area contributed by atoms with Crippen molar-refractivity contribution >= 4 is 23.2 Å². The van der Waals surface area contributed by atoms with Gasteiger partial charge in [-0.05, 0) is 88.4 Å². The average molecular weight is 604 g/mol. The van der Waals surface area contributed by atoms with Gasteiger partial charge in [0.25, 0.3) is 0 Å². The van der Waals surface area contributed by atoms with E-state index in [1.165, 1.54) is 18.2 Å². The Morgan fingerprint density at radius 1 is 0.884 bits per heavy atom. The second-order valence-corrected chi connectivity index (χ2v) is 10.8. The number of rotatable bonds is 7. The number of carbonyl (C=O) groups is 1. The molecule has 0 radical (unpaired) electrons. The molecule has 3 nitrogen and oxygen atoms in total. The lowest BCUT2D eigenvalue weighted by Gasteiger charge is -2.33.